The van der Waals surface area contributed by atoms with Gasteiger partial charge in [0.1, 0.15) is 6.26 Å². The standard InChI is InChI=1S/C15H20N2O/c1-2-3-9-15(13-7-5-4-6-8-13)16-12-14-10-11-18-17-14/h4-8,10-11,15-16H,2-3,9,12H2,1H3. The van der Waals surface area contributed by atoms with E-state index in [0.717, 1.165) is 18.7 Å². The highest BCUT2D eigenvalue weighted by Crippen LogP contribution is 2.19. The molecule has 0 spiro atoms. The molecular weight excluding hydrogens is 224 g/mol. The van der Waals surface area contributed by atoms with Gasteiger partial charge in [0.05, 0.1) is 5.69 Å². The van der Waals surface area contributed by atoms with E-state index in [9.17, 15) is 0 Å². The van der Waals surface area contributed by atoms with Crippen molar-refractivity contribution in [2.45, 2.75) is 38.8 Å². The van der Waals surface area contributed by atoms with Crippen LogP contribution in [-0.4, -0.2) is 5.16 Å². The van der Waals surface area contributed by atoms with Crippen molar-refractivity contribution < 1.29 is 4.52 Å². The summed E-state index contributed by atoms with van der Waals surface area (Å²) in [6.45, 7) is 2.97. The summed E-state index contributed by atoms with van der Waals surface area (Å²) < 4.78 is 4.84. The maximum absolute atomic E-state index is 4.84. The van der Waals surface area contributed by atoms with Crippen LogP contribution in [0.15, 0.2) is 47.2 Å². The molecule has 1 N–H and O–H groups in total. The summed E-state index contributed by atoms with van der Waals surface area (Å²) in [5.74, 6) is 0. The Hall–Kier alpha value is -1.61. The average molecular weight is 244 g/mol. The second-order valence-electron chi connectivity index (χ2n) is 4.48. The molecule has 3 nitrogen and oxygen atoms in total. The molecule has 2 aromatic rings. The van der Waals surface area contributed by atoms with E-state index in [2.05, 4.69) is 47.7 Å². The number of benzene rings is 1. The largest absolute Gasteiger partial charge is 0.364 e. The predicted octanol–water partition coefficient (Wildman–Crippen LogP) is 3.70. The fourth-order valence-corrected chi connectivity index (χ4v) is 2.04. The molecule has 2 rings (SSSR count). The van der Waals surface area contributed by atoms with Gasteiger partial charge < -0.3 is 9.84 Å². The second kappa shape index (κ2) is 6.97. The van der Waals surface area contributed by atoms with E-state index >= 15 is 0 Å². The Morgan fingerprint density at radius 1 is 1.22 bits per heavy atom. The molecule has 0 amide bonds. The van der Waals surface area contributed by atoms with Crippen LogP contribution in [-0.2, 0) is 6.54 Å². The van der Waals surface area contributed by atoms with Gasteiger partial charge in [-0.15, -0.1) is 0 Å². The summed E-state index contributed by atoms with van der Waals surface area (Å²) in [5, 5.41) is 7.48. The predicted molar refractivity (Wildman–Crippen MR) is 72.1 cm³/mol. The third-order valence-electron chi connectivity index (χ3n) is 3.07. The van der Waals surface area contributed by atoms with Gasteiger partial charge in [0.2, 0.25) is 0 Å². The Morgan fingerprint density at radius 2 is 2.06 bits per heavy atom. The highest BCUT2D eigenvalue weighted by atomic mass is 16.5. The highest BCUT2D eigenvalue weighted by molar-refractivity contribution is 5.19. The van der Waals surface area contributed by atoms with Crippen LogP contribution >= 0.6 is 0 Å². The van der Waals surface area contributed by atoms with Gasteiger partial charge in [-0.25, -0.2) is 0 Å². The number of nitrogens with zero attached hydrogens (tertiary/aromatic N) is 1. The number of hydrogen-bond donors (Lipinski definition) is 1. The Kier molecular flexibility index (Phi) is 4.97. The van der Waals surface area contributed by atoms with Crippen LogP contribution in [0.5, 0.6) is 0 Å². The summed E-state index contributed by atoms with van der Waals surface area (Å²) in [6.07, 6.45) is 5.21. The molecule has 0 fully saturated rings. The third-order valence-corrected chi connectivity index (χ3v) is 3.07. The van der Waals surface area contributed by atoms with Crippen LogP contribution < -0.4 is 5.32 Å². The highest BCUT2D eigenvalue weighted by Gasteiger charge is 2.10. The summed E-state index contributed by atoms with van der Waals surface area (Å²) in [7, 11) is 0. The lowest BCUT2D eigenvalue weighted by molar-refractivity contribution is 0.401. The molecular formula is C15H20N2O. The molecule has 1 atom stereocenters. The Bertz CT molecular complexity index is 425. The van der Waals surface area contributed by atoms with Gasteiger partial charge in [-0.1, -0.05) is 55.3 Å². The molecule has 0 bridgehead atoms. The zero-order valence-electron chi connectivity index (χ0n) is 10.8. The molecule has 1 aromatic carbocycles. The van der Waals surface area contributed by atoms with Gasteiger partial charge in [-0.3, -0.25) is 0 Å². The Balaban J connectivity index is 1.96. The molecule has 1 unspecified atom stereocenters. The van der Waals surface area contributed by atoms with E-state index in [1.165, 1.54) is 18.4 Å². The summed E-state index contributed by atoms with van der Waals surface area (Å²) in [6, 6.07) is 12.9. The minimum absolute atomic E-state index is 0.392. The number of nitrogens with one attached hydrogen (secondary N) is 1. The molecule has 0 radical (unpaired) electrons. The van der Waals surface area contributed by atoms with Gasteiger partial charge in [-0.05, 0) is 12.0 Å². The van der Waals surface area contributed by atoms with Gasteiger partial charge in [0.15, 0.2) is 0 Å². The minimum Gasteiger partial charge on any atom is -0.364 e. The number of hydrogen-bond acceptors (Lipinski definition) is 3. The fourth-order valence-electron chi connectivity index (χ4n) is 2.04. The molecule has 0 aliphatic carbocycles. The van der Waals surface area contributed by atoms with Crippen LogP contribution in [0.4, 0.5) is 0 Å². The fraction of sp³-hybridized carbons (Fsp3) is 0.400. The van der Waals surface area contributed by atoms with E-state index in [0.29, 0.717) is 6.04 Å². The van der Waals surface area contributed by atoms with Crippen LogP contribution in [0, 0.1) is 0 Å². The summed E-state index contributed by atoms with van der Waals surface area (Å²) in [5.41, 5.74) is 2.29. The monoisotopic (exact) mass is 244 g/mol. The zero-order chi connectivity index (χ0) is 12.6. The summed E-state index contributed by atoms with van der Waals surface area (Å²) >= 11 is 0. The van der Waals surface area contributed by atoms with Crippen molar-refractivity contribution in [3.05, 3.63) is 53.9 Å². The first-order valence-corrected chi connectivity index (χ1v) is 6.57. The Morgan fingerprint density at radius 3 is 2.72 bits per heavy atom. The van der Waals surface area contributed by atoms with Crippen LogP contribution in [0.2, 0.25) is 0 Å². The molecule has 1 aromatic heterocycles. The first-order valence-electron chi connectivity index (χ1n) is 6.57. The maximum Gasteiger partial charge on any atom is 0.124 e. The van der Waals surface area contributed by atoms with E-state index in [-0.39, 0.29) is 0 Å². The smallest absolute Gasteiger partial charge is 0.124 e. The number of aromatic nitrogens is 1. The van der Waals surface area contributed by atoms with Gasteiger partial charge in [0, 0.05) is 18.7 Å². The van der Waals surface area contributed by atoms with Crippen molar-refractivity contribution in [1.82, 2.24) is 10.5 Å². The molecule has 96 valence electrons. The van der Waals surface area contributed by atoms with Crippen molar-refractivity contribution in [2.24, 2.45) is 0 Å². The van der Waals surface area contributed by atoms with E-state index in [1.807, 2.05) is 6.07 Å². The zero-order valence-corrected chi connectivity index (χ0v) is 10.8. The van der Waals surface area contributed by atoms with Crippen molar-refractivity contribution in [1.29, 1.82) is 0 Å². The summed E-state index contributed by atoms with van der Waals surface area (Å²) in [4.78, 5) is 0. The van der Waals surface area contributed by atoms with Crippen LogP contribution in [0.25, 0.3) is 0 Å². The third kappa shape index (κ3) is 3.70. The number of rotatable bonds is 7. The van der Waals surface area contributed by atoms with E-state index in [1.54, 1.807) is 6.26 Å². The molecule has 0 aliphatic rings. The minimum atomic E-state index is 0.392. The quantitative estimate of drug-likeness (QED) is 0.807. The molecule has 0 aliphatic heterocycles. The first kappa shape index (κ1) is 12.8. The molecule has 3 heteroatoms. The van der Waals surface area contributed by atoms with Crippen molar-refractivity contribution in [3.63, 3.8) is 0 Å². The maximum atomic E-state index is 4.84. The lowest BCUT2D eigenvalue weighted by Crippen LogP contribution is -2.21. The second-order valence-corrected chi connectivity index (χ2v) is 4.48. The first-order chi connectivity index (χ1) is 8.90. The topological polar surface area (TPSA) is 38.1 Å². The molecule has 18 heavy (non-hydrogen) atoms. The van der Waals surface area contributed by atoms with Gasteiger partial charge >= 0.3 is 0 Å². The van der Waals surface area contributed by atoms with Gasteiger partial charge in [-0.2, -0.15) is 0 Å². The van der Waals surface area contributed by atoms with Gasteiger partial charge in [0.25, 0.3) is 0 Å². The van der Waals surface area contributed by atoms with E-state index in [4.69, 9.17) is 4.52 Å². The van der Waals surface area contributed by atoms with Crippen molar-refractivity contribution in [2.75, 3.05) is 0 Å². The van der Waals surface area contributed by atoms with Crippen molar-refractivity contribution in [3.8, 4) is 0 Å². The van der Waals surface area contributed by atoms with Crippen LogP contribution in [0.1, 0.15) is 43.5 Å². The molecule has 0 saturated heterocycles. The average Bonchev–Trinajstić information content (AvgIpc) is 2.93. The lowest BCUT2D eigenvalue weighted by atomic mass is 10.0. The van der Waals surface area contributed by atoms with Crippen molar-refractivity contribution >= 4 is 0 Å². The lowest BCUT2D eigenvalue weighted by Gasteiger charge is -2.18. The number of unbranched alkanes of at least 4 members (excludes halogenated alkanes) is 1. The molecule has 1 heterocycles. The van der Waals surface area contributed by atoms with E-state index < -0.39 is 0 Å². The Labute approximate surface area is 108 Å². The van der Waals surface area contributed by atoms with Crippen LogP contribution in [0.3, 0.4) is 0 Å². The molecule has 0 saturated carbocycles. The normalized spacial score (nSPS) is 12.5. The SMILES string of the molecule is CCCCC(NCc1ccon1)c1ccccc1.